The molecule has 1 fully saturated rings. The van der Waals surface area contributed by atoms with E-state index in [9.17, 15) is 4.39 Å². The Kier molecular flexibility index (Phi) is 3.56. The summed E-state index contributed by atoms with van der Waals surface area (Å²) >= 11 is 0. The van der Waals surface area contributed by atoms with E-state index in [-0.39, 0.29) is 18.0 Å². The summed E-state index contributed by atoms with van der Waals surface area (Å²) in [5.41, 5.74) is 1.80. The van der Waals surface area contributed by atoms with Gasteiger partial charge in [-0.2, -0.15) is 0 Å². The molecule has 0 aromatic heterocycles. The SMILES string of the molecule is CNC(c1ccc(F)c(C)c1)C1CCCO1. The maximum absolute atomic E-state index is 13.2. The predicted molar refractivity (Wildman–Crippen MR) is 61.9 cm³/mol. The number of hydrogen-bond acceptors (Lipinski definition) is 2. The van der Waals surface area contributed by atoms with Gasteiger partial charge in [-0.3, -0.25) is 0 Å². The second-order valence-electron chi connectivity index (χ2n) is 4.33. The Morgan fingerprint density at radius 2 is 2.31 bits per heavy atom. The lowest BCUT2D eigenvalue weighted by Crippen LogP contribution is -2.29. The van der Waals surface area contributed by atoms with Crippen LogP contribution in [0.1, 0.15) is 30.0 Å². The summed E-state index contributed by atoms with van der Waals surface area (Å²) in [7, 11) is 1.92. The van der Waals surface area contributed by atoms with Gasteiger partial charge in [0.05, 0.1) is 12.1 Å². The Morgan fingerprint density at radius 1 is 1.50 bits per heavy atom. The summed E-state index contributed by atoms with van der Waals surface area (Å²) < 4.78 is 18.9. The Morgan fingerprint density at radius 3 is 2.88 bits per heavy atom. The molecular formula is C13H18FNO. The van der Waals surface area contributed by atoms with Gasteiger partial charge in [-0.05, 0) is 44.0 Å². The molecule has 0 saturated carbocycles. The highest BCUT2D eigenvalue weighted by molar-refractivity contribution is 5.27. The van der Waals surface area contributed by atoms with E-state index in [4.69, 9.17) is 4.74 Å². The van der Waals surface area contributed by atoms with Crippen LogP contribution >= 0.6 is 0 Å². The van der Waals surface area contributed by atoms with Crippen LogP contribution in [0, 0.1) is 12.7 Å². The Balaban J connectivity index is 2.22. The van der Waals surface area contributed by atoms with Gasteiger partial charge in [0.25, 0.3) is 0 Å². The molecule has 1 heterocycles. The van der Waals surface area contributed by atoms with Crippen LogP contribution < -0.4 is 5.32 Å². The number of halogens is 1. The monoisotopic (exact) mass is 223 g/mol. The van der Waals surface area contributed by atoms with Crippen molar-refractivity contribution in [2.75, 3.05) is 13.7 Å². The van der Waals surface area contributed by atoms with Gasteiger partial charge in [-0.1, -0.05) is 12.1 Å². The molecule has 1 saturated heterocycles. The van der Waals surface area contributed by atoms with Gasteiger partial charge in [-0.15, -0.1) is 0 Å². The zero-order valence-electron chi connectivity index (χ0n) is 9.79. The molecule has 0 amide bonds. The minimum Gasteiger partial charge on any atom is -0.376 e. The normalized spacial score (nSPS) is 22.3. The number of benzene rings is 1. The second kappa shape index (κ2) is 4.93. The predicted octanol–water partition coefficient (Wildman–Crippen LogP) is 2.57. The third-order valence-corrected chi connectivity index (χ3v) is 3.19. The van der Waals surface area contributed by atoms with E-state index >= 15 is 0 Å². The number of aryl methyl sites for hydroxylation is 1. The fraction of sp³-hybridized carbons (Fsp3) is 0.538. The van der Waals surface area contributed by atoms with Crippen LogP contribution in [0.15, 0.2) is 18.2 Å². The zero-order chi connectivity index (χ0) is 11.5. The first-order valence-corrected chi connectivity index (χ1v) is 5.77. The number of hydrogen-bond donors (Lipinski definition) is 1. The minimum atomic E-state index is -0.147. The van der Waals surface area contributed by atoms with E-state index in [0.717, 1.165) is 25.0 Å². The molecule has 1 aromatic rings. The fourth-order valence-electron chi connectivity index (χ4n) is 2.29. The first-order chi connectivity index (χ1) is 7.72. The van der Waals surface area contributed by atoms with E-state index in [1.165, 1.54) is 6.07 Å². The van der Waals surface area contributed by atoms with Crippen molar-refractivity contribution in [2.45, 2.75) is 31.9 Å². The molecule has 0 bridgehead atoms. The second-order valence-corrected chi connectivity index (χ2v) is 4.33. The summed E-state index contributed by atoms with van der Waals surface area (Å²) in [4.78, 5) is 0. The van der Waals surface area contributed by atoms with Crippen LogP contribution in [0.3, 0.4) is 0 Å². The fourth-order valence-corrected chi connectivity index (χ4v) is 2.29. The summed E-state index contributed by atoms with van der Waals surface area (Å²) in [6.07, 6.45) is 2.40. The highest BCUT2D eigenvalue weighted by Gasteiger charge is 2.26. The maximum Gasteiger partial charge on any atom is 0.126 e. The highest BCUT2D eigenvalue weighted by Crippen LogP contribution is 2.27. The summed E-state index contributed by atoms with van der Waals surface area (Å²) in [5, 5.41) is 3.26. The number of ether oxygens (including phenoxy) is 1. The molecule has 0 radical (unpaired) electrons. The van der Waals surface area contributed by atoms with Crippen molar-refractivity contribution < 1.29 is 9.13 Å². The van der Waals surface area contributed by atoms with Gasteiger partial charge < -0.3 is 10.1 Å². The number of likely N-dealkylation sites (N-methyl/N-ethyl adjacent to an activating group) is 1. The molecule has 2 nitrogen and oxygen atoms in total. The minimum absolute atomic E-state index is 0.147. The lowest BCUT2D eigenvalue weighted by atomic mass is 9.98. The van der Waals surface area contributed by atoms with Crippen molar-refractivity contribution in [3.05, 3.63) is 35.1 Å². The number of rotatable bonds is 3. The molecule has 0 spiro atoms. The lowest BCUT2D eigenvalue weighted by molar-refractivity contribution is 0.0807. The standard InChI is InChI=1S/C13H18FNO/c1-9-8-10(5-6-11(9)14)13(15-2)12-4-3-7-16-12/h5-6,8,12-13,15H,3-4,7H2,1-2H3. The first-order valence-electron chi connectivity index (χ1n) is 5.77. The zero-order valence-corrected chi connectivity index (χ0v) is 9.79. The van der Waals surface area contributed by atoms with Gasteiger partial charge >= 0.3 is 0 Å². The van der Waals surface area contributed by atoms with Crippen LogP contribution in [0.4, 0.5) is 4.39 Å². The van der Waals surface area contributed by atoms with Crippen LogP contribution in [-0.2, 0) is 4.74 Å². The molecule has 2 atom stereocenters. The van der Waals surface area contributed by atoms with Crippen molar-refractivity contribution in [1.29, 1.82) is 0 Å². The molecular weight excluding hydrogens is 205 g/mol. The molecule has 1 aliphatic rings. The van der Waals surface area contributed by atoms with E-state index < -0.39 is 0 Å². The quantitative estimate of drug-likeness (QED) is 0.850. The molecule has 1 aliphatic heterocycles. The third-order valence-electron chi connectivity index (χ3n) is 3.19. The van der Waals surface area contributed by atoms with Crippen molar-refractivity contribution in [3.63, 3.8) is 0 Å². The van der Waals surface area contributed by atoms with Crippen molar-refractivity contribution in [3.8, 4) is 0 Å². The smallest absolute Gasteiger partial charge is 0.126 e. The van der Waals surface area contributed by atoms with Crippen LogP contribution in [0.25, 0.3) is 0 Å². The molecule has 16 heavy (non-hydrogen) atoms. The molecule has 88 valence electrons. The molecule has 2 unspecified atom stereocenters. The maximum atomic E-state index is 13.2. The molecule has 1 N–H and O–H groups in total. The van der Waals surface area contributed by atoms with Crippen molar-refractivity contribution in [2.24, 2.45) is 0 Å². The Bertz CT molecular complexity index is 361. The van der Waals surface area contributed by atoms with Gasteiger partial charge in [-0.25, -0.2) is 4.39 Å². The largest absolute Gasteiger partial charge is 0.376 e. The topological polar surface area (TPSA) is 21.3 Å². The summed E-state index contributed by atoms with van der Waals surface area (Å²) in [6.45, 7) is 2.63. The van der Waals surface area contributed by atoms with Gasteiger partial charge in [0, 0.05) is 6.61 Å². The van der Waals surface area contributed by atoms with E-state index in [0.29, 0.717) is 5.56 Å². The van der Waals surface area contributed by atoms with Gasteiger partial charge in [0.2, 0.25) is 0 Å². The van der Waals surface area contributed by atoms with Crippen molar-refractivity contribution >= 4 is 0 Å². The summed E-state index contributed by atoms with van der Waals surface area (Å²) in [5.74, 6) is -0.147. The lowest BCUT2D eigenvalue weighted by Gasteiger charge is -2.23. The first kappa shape index (κ1) is 11.6. The van der Waals surface area contributed by atoms with Crippen molar-refractivity contribution in [1.82, 2.24) is 5.32 Å². The Hall–Kier alpha value is -0.930. The molecule has 3 heteroatoms. The van der Waals surface area contributed by atoms with E-state index in [1.54, 1.807) is 6.92 Å². The third kappa shape index (κ3) is 2.25. The average molecular weight is 223 g/mol. The summed E-state index contributed by atoms with van der Waals surface area (Å²) in [6, 6.07) is 5.44. The number of nitrogens with one attached hydrogen (secondary N) is 1. The molecule has 2 rings (SSSR count). The van der Waals surface area contributed by atoms with Crippen LogP contribution in [-0.4, -0.2) is 19.8 Å². The highest BCUT2D eigenvalue weighted by atomic mass is 19.1. The average Bonchev–Trinajstić information content (AvgIpc) is 2.78. The van der Waals surface area contributed by atoms with Crippen LogP contribution in [0.5, 0.6) is 0 Å². The van der Waals surface area contributed by atoms with Gasteiger partial charge in [0.15, 0.2) is 0 Å². The Labute approximate surface area is 95.8 Å². The van der Waals surface area contributed by atoms with E-state index in [1.807, 2.05) is 19.2 Å². The van der Waals surface area contributed by atoms with Crippen LogP contribution in [0.2, 0.25) is 0 Å². The van der Waals surface area contributed by atoms with E-state index in [2.05, 4.69) is 5.32 Å². The molecule has 0 aliphatic carbocycles. The molecule has 1 aromatic carbocycles. The van der Waals surface area contributed by atoms with Gasteiger partial charge in [0.1, 0.15) is 5.82 Å².